The maximum Gasteiger partial charge on any atom is 0.254 e. The van der Waals surface area contributed by atoms with Gasteiger partial charge >= 0.3 is 0 Å². The van der Waals surface area contributed by atoms with Gasteiger partial charge < -0.3 is 9.47 Å². The number of aromatic nitrogens is 1. The van der Waals surface area contributed by atoms with Gasteiger partial charge in [-0.1, -0.05) is 13.8 Å². The second kappa shape index (κ2) is 5.85. The Bertz CT molecular complexity index is 477. The SMILES string of the molecule is CC(C)CC(C)N(C)C(=O)c1ccn(C)c(=O)c1. The average molecular weight is 250 g/mol. The third-order valence-electron chi connectivity index (χ3n) is 3.15. The van der Waals surface area contributed by atoms with Crippen LogP contribution in [0.1, 0.15) is 37.6 Å². The predicted octanol–water partition coefficient (Wildman–Crippen LogP) is 1.89. The van der Waals surface area contributed by atoms with Crippen LogP contribution in [-0.2, 0) is 7.05 Å². The van der Waals surface area contributed by atoms with Gasteiger partial charge in [0.2, 0.25) is 0 Å². The van der Waals surface area contributed by atoms with Gasteiger partial charge in [0.15, 0.2) is 0 Å². The Morgan fingerprint density at radius 2 is 2.00 bits per heavy atom. The molecule has 0 bridgehead atoms. The van der Waals surface area contributed by atoms with Gasteiger partial charge in [0.25, 0.3) is 11.5 Å². The first-order chi connectivity index (χ1) is 8.32. The number of hydrogen-bond acceptors (Lipinski definition) is 2. The first kappa shape index (κ1) is 14.5. The molecule has 0 spiro atoms. The number of carbonyl (C=O) groups excluding carboxylic acids is 1. The molecule has 0 radical (unpaired) electrons. The second-order valence-corrected chi connectivity index (χ2v) is 5.26. The molecule has 1 heterocycles. The van der Waals surface area contributed by atoms with Crippen LogP contribution >= 0.6 is 0 Å². The highest BCUT2D eigenvalue weighted by atomic mass is 16.2. The van der Waals surface area contributed by atoms with Gasteiger partial charge in [-0.3, -0.25) is 9.59 Å². The Morgan fingerprint density at radius 3 is 2.50 bits per heavy atom. The number of hydrogen-bond donors (Lipinski definition) is 0. The van der Waals surface area contributed by atoms with E-state index in [-0.39, 0.29) is 17.5 Å². The van der Waals surface area contributed by atoms with Crippen molar-refractivity contribution in [2.45, 2.75) is 33.2 Å². The molecule has 0 saturated carbocycles. The van der Waals surface area contributed by atoms with E-state index in [1.54, 1.807) is 31.3 Å². The molecular formula is C14H22N2O2. The zero-order valence-corrected chi connectivity index (χ0v) is 11.8. The molecule has 100 valence electrons. The number of nitrogens with zero attached hydrogens (tertiary/aromatic N) is 2. The molecule has 1 rings (SSSR count). The van der Waals surface area contributed by atoms with Crippen molar-refractivity contribution in [3.8, 4) is 0 Å². The lowest BCUT2D eigenvalue weighted by Gasteiger charge is -2.26. The fraction of sp³-hybridized carbons (Fsp3) is 0.571. The van der Waals surface area contributed by atoms with Crippen LogP contribution in [0.15, 0.2) is 23.1 Å². The number of carbonyl (C=O) groups is 1. The van der Waals surface area contributed by atoms with Crippen LogP contribution < -0.4 is 5.56 Å². The van der Waals surface area contributed by atoms with Crippen molar-refractivity contribution in [3.05, 3.63) is 34.2 Å². The Balaban J connectivity index is 2.86. The van der Waals surface area contributed by atoms with E-state index in [4.69, 9.17) is 0 Å². The molecule has 0 aliphatic carbocycles. The second-order valence-electron chi connectivity index (χ2n) is 5.26. The van der Waals surface area contributed by atoms with Crippen LogP contribution in [-0.4, -0.2) is 28.5 Å². The van der Waals surface area contributed by atoms with Gasteiger partial charge in [0.1, 0.15) is 0 Å². The Hall–Kier alpha value is -1.58. The topological polar surface area (TPSA) is 42.3 Å². The zero-order chi connectivity index (χ0) is 13.9. The quantitative estimate of drug-likeness (QED) is 0.819. The summed E-state index contributed by atoms with van der Waals surface area (Å²) in [5, 5.41) is 0. The number of aryl methyl sites for hydroxylation is 1. The summed E-state index contributed by atoms with van der Waals surface area (Å²) in [5.74, 6) is 0.444. The minimum absolute atomic E-state index is 0.0964. The normalized spacial score (nSPS) is 12.6. The van der Waals surface area contributed by atoms with Crippen molar-refractivity contribution < 1.29 is 4.79 Å². The van der Waals surface area contributed by atoms with E-state index in [0.717, 1.165) is 6.42 Å². The fourth-order valence-electron chi connectivity index (χ4n) is 1.93. The van der Waals surface area contributed by atoms with Crippen LogP contribution in [0.3, 0.4) is 0 Å². The van der Waals surface area contributed by atoms with Gasteiger partial charge in [-0.2, -0.15) is 0 Å². The highest BCUT2D eigenvalue weighted by Gasteiger charge is 2.18. The van der Waals surface area contributed by atoms with Crippen LogP contribution in [0.25, 0.3) is 0 Å². The first-order valence-electron chi connectivity index (χ1n) is 6.26. The molecule has 4 nitrogen and oxygen atoms in total. The van der Waals surface area contributed by atoms with Gasteiger partial charge in [-0.15, -0.1) is 0 Å². The molecule has 1 aromatic rings. The van der Waals surface area contributed by atoms with Gasteiger partial charge in [-0.05, 0) is 25.3 Å². The summed E-state index contributed by atoms with van der Waals surface area (Å²) in [7, 11) is 3.45. The molecular weight excluding hydrogens is 228 g/mol. The number of rotatable bonds is 4. The number of pyridine rings is 1. The fourth-order valence-corrected chi connectivity index (χ4v) is 1.93. The van der Waals surface area contributed by atoms with Gasteiger partial charge in [-0.25, -0.2) is 0 Å². The zero-order valence-electron chi connectivity index (χ0n) is 11.8. The van der Waals surface area contributed by atoms with Crippen molar-refractivity contribution in [1.82, 2.24) is 9.47 Å². The smallest absolute Gasteiger partial charge is 0.254 e. The lowest BCUT2D eigenvalue weighted by Crippen LogP contribution is -2.36. The molecule has 1 amide bonds. The summed E-state index contributed by atoms with van der Waals surface area (Å²) in [6, 6.07) is 3.24. The highest BCUT2D eigenvalue weighted by molar-refractivity contribution is 5.94. The average Bonchev–Trinajstić information content (AvgIpc) is 2.30. The van der Waals surface area contributed by atoms with Crippen molar-refractivity contribution in [2.75, 3.05) is 7.05 Å². The molecule has 0 fully saturated rings. The van der Waals surface area contributed by atoms with Crippen molar-refractivity contribution in [2.24, 2.45) is 13.0 Å². The maximum atomic E-state index is 12.2. The van der Waals surface area contributed by atoms with Crippen LogP contribution in [0, 0.1) is 5.92 Å². The van der Waals surface area contributed by atoms with Crippen molar-refractivity contribution >= 4 is 5.91 Å². The molecule has 0 aliphatic heterocycles. The Morgan fingerprint density at radius 1 is 1.39 bits per heavy atom. The van der Waals surface area contributed by atoms with E-state index in [1.807, 2.05) is 6.92 Å². The standard InChI is InChI=1S/C14H22N2O2/c1-10(2)8-11(3)16(5)14(18)12-6-7-15(4)13(17)9-12/h6-7,9-11H,8H2,1-5H3. The molecule has 0 aromatic carbocycles. The van der Waals surface area contributed by atoms with E-state index < -0.39 is 0 Å². The van der Waals surface area contributed by atoms with E-state index in [1.165, 1.54) is 10.6 Å². The molecule has 1 unspecified atom stereocenters. The van der Waals surface area contributed by atoms with Crippen LogP contribution in [0.4, 0.5) is 0 Å². The Kier molecular flexibility index (Phi) is 4.70. The molecule has 1 aromatic heterocycles. The third kappa shape index (κ3) is 3.45. The largest absolute Gasteiger partial charge is 0.339 e. The lowest BCUT2D eigenvalue weighted by molar-refractivity contribution is 0.0728. The van der Waals surface area contributed by atoms with Gasteiger partial charge in [0.05, 0.1) is 0 Å². The molecule has 18 heavy (non-hydrogen) atoms. The van der Waals surface area contributed by atoms with E-state index in [0.29, 0.717) is 11.5 Å². The van der Waals surface area contributed by atoms with Crippen molar-refractivity contribution in [1.29, 1.82) is 0 Å². The molecule has 0 N–H and O–H groups in total. The number of amides is 1. The van der Waals surface area contributed by atoms with E-state index >= 15 is 0 Å². The van der Waals surface area contributed by atoms with Crippen molar-refractivity contribution in [3.63, 3.8) is 0 Å². The maximum absolute atomic E-state index is 12.2. The molecule has 0 saturated heterocycles. The Labute approximate surface area is 108 Å². The van der Waals surface area contributed by atoms with E-state index in [2.05, 4.69) is 13.8 Å². The lowest BCUT2D eigenvalue weighted by atomic mass is 10.0. The molecule has 1 atom stereocenters. The predicted molar refractivity (Wildman–Crippen MR) is 72.7 cm³/mol. The minimum Gasteiger partial charge on any atom is -0.339 e. The summed E-state index contributed by atoms with van der Waals surface area (Å²) >= 11 is 0. The summed E-state index contributed by atoms with van der Waals surface area (Å²) in [6.07, 6.45) is 2.57. The summed E-state index contributed by atoms with van der Waals surface area (Å²) in [6.45, 7) is 6.29. The highest BCUT2D eigenvalue weighted by Crippen LogP contribution is 2.12. The van der Waals surface area contributed by atoms with Crippen LogP contribution in [0.5, 0.6) is 0 Å². The molecule has 0 aliphatic rings. The third-order valence-corrected chi connectivity index (χ3v) is 3.15. The van der Waals surface area contributed by atoms with E-state index in [9.17, 15) is 9.59 Å². The first-order valence-corrected chi connectivity index (χ1v) is 6.26. The molecule has 4 heteroatoms. The van der Waals surface area contributed by atoms with Gasteiger partial charge in [0, 0.05) is 38.0 Å². The minimum atomic E-state index is -0.161. The summed E-state index contributed by atoms with van der Waals surface area (Å²) in [5.41, 5.74) is 0.293. The monoisotopic (exact) mass is 250 g/mol. The van der Waals surface area contributed by atoms with Crippen LogP contribution in [0.2, 0.25) is 0 Å². The summed E-state index contributed by atoms with van der Waals surface area (Å²) < 4.78 is 1.45. The summed E-state index contributed by atoms with van der Waals surface area (Å²) in [4.78, 5) is 25.4.